The molecule has 0 radical (unpaired) electrons. The minimum absolute atomic E-state index is 0.268. The predicted molar refractivity (Wildman–Crippen MR) is 91.6 cm³/mol. The summed E-state index contributed by atoms with van der Waals surface area (Å²) in [6.45, 7) is 3.78. The maximum absolute atomic E-state index is 12.5. The molecule has 0 aliphatic rings. The second-order valence-electron chi connectivity index (χ2n) is 5.36. The highest BCUT2D eigenvalue weighted by atomic mass is 35.5. The molecule has 2 aromatic carbocycles. The molecule has 0 saturated carbocycles. The molecule has 1 aromatic heterocycles. The summed E-state index contributed by atoms with van der Waals surface area (Å²) in [7, 11) is 1.60. The largest absolute Gasteiger partial charge is 0.497 e. The zero-order valence-corrected chi connectivity index (χ0v) is 13.8. The number of halogens is 1. The number of furan rings is 1. The topological polar surface area (TPSA) is 51.5 Å². The van der Waals surface area contributed by atoms with Crippen LogP contribution in [0.5, 0.6) is 5.75 Å². The molecule has 23 heavy (non-hydrogen) atoms. The lowest BCUT2D eigenvalue weighted by Gasteiger charge is -2.06. The van der Waals surface area contributed by atoms with E-state index in [1.54, 1.807) is 31.4 Å². The molecular weight excluding hydrogens is 314 g/mol. The molecule has 0 saturated heterocycles. The van der Waals surface area contributed by atoms with Gasteiger partial charge >= 0.3 is 0 Å². The molecule has 4 nitrogen and oxygen atoms in total. The van der Waals surface area contributed by atoms with Crippen LogP contribution < -0.4 is 10.1 Å². The van der Waals surface area contributed by atoms with Crippen molar-refractivity contribution in [3.63, 3.8) is 0 Å². The number of carbonyl (C=O) groups is 1. The third-order valence-corrected chi connectivity index (χ3v) is 4.04. The van der Waals surface area contributed by atoms with Gasteiger partial charge < -0.3 is 14.5 Å². The van der Waals surface area contributed by atoms with Gasteiger partial charge in [-0.25, -0.2) is 0 Å². The number of hydrogen-bond acceptors (Lipinski definition) is 3. The molecule has 0 bridgehead atoms. The molecule has 3 rings (SSSR count). The summed E-state index contributed by atoms with van der Waals surface area (Å²) in [5, 5.41) is 4.13. The van der Waals surface area contributed by atoms with Crippen LogP contribution >= 0.6 is 11.6 Å². The smallest absolute Gasteiger partial charge is 0.291 e. The molecule has 1 N–H and O–H groups in total. The summed E-state index contributed by atoms with van der Waals surface area (Å²) in [6.07, 6.45) is 0. The number of methoxy groups -OCH3 is 1. The number of carbonyl (C=O) groups excluding carboxylic acids is 1. The van der Waals surface area contributed by atoms with Crippen molar-refractivity contribution in [3.8, 4) is 5.75 Å². The van der Waals surface area contributed by atoms with E-state index in [0.717, 1.165) is 22.3 Å². The average molecular weight is 330 g/mol. The van der Waals surface area contributed by atoms with Gasteiger partial charge in [-0.05, 0) is 49.7 Å². The normalized spacial score (nSPS) is 10.8. The van der Waals surface area contributed by atoms with Crippen LogP contribution in [0.1, 0.15) is 21.7 Å². The predicted octanol–water partition coefficient (Wildman–Crippen LogP) is 4.96. The van der Waals surface area contributed by atoms with Gasteiger partial charge in [0.2, 0.25) is 0 Å². The van der Waals surface area contributed by atoms with Crippen molar-refractivity contribution in [1.29, 1.82) is 0 Å². The maximum atomic E-state index is 12.5. The Hall–Kier alpha value is -2.46. The van der Waals surface area contributed by atoms with Crippen LogP contribution in [0.15, 0.2) is 40.8 Å². The van der Waals surface area contributed by atoms with Gasteiger partial charge in [0, 0.05) is 10.9 Å². The van der Waals surface area contributed by atoms with E-state index < -0.39 is 0 Å². The van der Waals surface area contributed by atoms with Crippen molar-refractivity contribution in [3.05, 3.63) is 58.3 Å². The van der Waals surface area contributed by atoms with E-state index in [0.29, 0.717) is 16.3 Å². The van der Waals surface area contributed by atoms with Crippen LogP contribution in [-0.4, -0.2) is 13.0 Å². The number of rotatable bonds is 3. The standard InChI is InChI=1S/C18H16ClNO3/c1-10-4-6-15(14(19)8-10)20-18(21)17-11(2)13-9-12(22-3)5-7-16(13)23-17/h4-9H,1-3H3,(H,20,21). The monoisotopic (exact) mass is 329 g/mol. The molecule has 0 fully saturated rings. The van der Waals surface area contributed by atoms with Gasteiger partial charge in [-0.1, -0.05) is 17.7 Å². The fourth-order valence-corrected chi connectivity index (χ4v) is 2.73. The van der Waals surface area contributed by atoms with Crippen LogP contribution in [0.4, 0.5) is 5.69 Å². The van der Waals surface area contributed by atoms with Crippen molar-refractivity contribution >= 4 is 34.2 Å². The highest BCUT2D eigenvalue weighted by Gasteiger charge is 2.19. The number of aryl methyl sites for hydroxylation is 2. The summed E-state index contributed by atoms with van der Waals surface area (Å²) in [5.41, 5.74) is 2.99. The van der Waals surface area contributed by atoms with E-state index in [1.165, 1.54) is 0 Å². The highest BCUT2D eigenvalue weighted by Crippen LogP contribution is 2.30. The second kappa shape index (κ2) is 5.97. The minimum Gasteiger partial charge on any atom is -0.497 e. The molecule has 0 aliphatic carbocycles. The Balaban J connectivity index is 1.96. The first kappa shape index (κ1) is 15.4. The summed E-state index contributed by atoms with van der Waals surface area (Å²) >= 11 is 6.16. The van der Waals surface area contributed by atoms with Crippen LogP contribution in [0.25, 0.3) is 11.0 Å². The molecule has 118 valence electrons. The Morgan fingerprint density at radius 2 is 1.96 bits per heavy atom. The third-order valence-electron chi connectivity index (χ3n) is 3.72. The van der Waals surface area contributed by atoms with E-state index in [4.69, 9.17) is 20.8 Å². The van der Waals surface area contributed by atoms with Crippen LogP contribution in [0, 0.1) is 13.8 Å². The summed E-state index contributed by atoms with van der Waals surface area (Å²) in [5.74, 6) is 0.656. The van der Waals surface area contributed by atoms with Crippen molar-refractivity contribution in [2.45, 2.75) is 13.8 Å². The molecule has 0 aliphatic heterocycles. The van der Waals surface area contributed by atoms with Crippen molar-refractivity contribution < 1.29 is 13.9 Å². The quantitative estimate of drug-likeness (QED) is 0.738. The van der Waals surface area contributed by atoms with Gasteiger partial charge in [0.15, 0.2) is 5.76 Å². The number of ether oxygens (including phenoxy) is 1. The molecule has 5 heteroatoms. The molecule has 0 atom stereocenters. The van der Waals surface area contributed by atoms with Crippen molar-refractivity contribution in [1.82, 2.24) is 0 Å². The minimum atomic E-state index is -0.330. The van der Waals surface area contributed by atoms with Crippen molar-refractivity contribution in [2.24, 2.45) is 0 Å². The van der Waals surface area contributed by atoms with Gasteiger partial charge in [0.05, 0.1) is 17.8 Å². The van der Waals surface area contributed by atoms with Gasteiger partial charge in [0.1, 0.15) is 11.3 Å². The lowest BCUT2D eigenvalue weighted by Crippen LogP contribution is -2.12. The second-order valence-corrected chi connectivity index (χ2v) is 5.76. The number of fused-ring (bicyclic) bond motifs is 1. The number of nitrogens with one attached hydrogen (secondary N) is 1. The Kier molecular flexibility index (Phi) is 4.01. The van der Waals surface area contributed by atoms with Gasteiger partial charge in [-0.3, -0.25) is 4.79 Å². The lowest BCUT2D eigenvalue weighted by molar-refractivity contribution is 0.0998. The number of benzene rings is 2. The number of amides is 1. The van der Waals surface area contributed by atoms with Gasteiger partial charge in [-0.2, -0.15) is 0 Å². The first-order chi connectivity index (χ1) is 11.0. The summed E-state index contributed by atoms with van der Waals surface area (Å²) in [6, 6.07) is 10.9. The molecule has 0 unspecified atom stereocenters. The van der Waals surface area contributed by atoms with Crippen LogP contribution in [-0.2, 0) is 0 Å². The zero-order valence-electron chi connectivity index (χ0n) is 13.1. The Labute approximate surface area is 139 Å². The first-order valence-corrected chi connectivity index (χ1v) is 7.52. The summed E-state index contributed by atoms with van der Waals surface area (Å²) < 4.78 is 10.9. The molecule has 1 heterocycles. The third kappa shape index (κ3) is 2.90. The Morgan fingerprint density at radius 3 is 2.65 bits per heavy atom. The number of hydrogen-bond donors (Lipinski definition) is 1. The van der Waals surface area contributed by atoms with Gasteiger partial charge in [0.25, 0.3) is 5.91 Å². The molecule has 3 aromatic rings. The van der Waals surface area contributed by atoms with Gasteiger partial charge in [-0.15, -0.1) is 0 Å². The van der Waals surface area contributed by atoms with E-state index >= 15 is 0 Å². The molecule has 0 spiro atoms. The van der Waals surface area contributed by atoms with E-state index in [1.807, 2.05) is 26.0 Å². The average Bonchev–Trinajstić information content (AvgIpc) is 2.86. The van der Waals surface area contributed by atoms with Crippen molar-refractivity contribution in [2.75, 3.05) is 12.4 Å². The summed E-state index contributed by atoms with van der Waals surface area (Å²) in [4.78, 5) is 12.5. The zero-order chi connectivity index (χ0) is 16.6. The highest BCUT2D eigenvalue weighted by molar-refractivity contribution is 6.34. The van der Waals surface area contributed by atoms with E-state index in [9.17, 15) is 4.79 Å². The van der Waals surface area contributed by atoms with E-state index in [2.05, 4.69) is 5.32 Å². The SMILES string of the molecule is COc1ccc2oc(C(=O)Nc3ccc(C)cc3Cl)c(C)c2c1. The van der Waals surface area contributed by atoms with Crippen LogP contribution in [0.2, 0.25) is 5.02 Å². The number of anilines is 1. The van der Waals surface area contributed by atoms with Crippen LogP contribution in [0.3, 0.4) is 0 Å². The van der Waals surface area contributed by atoms with E-state index in [-0.39, 0.29) is 11.7 Å². The Bertz CT molecular complexity index is 899. The molecular formula is C18H16ClNO3. The lowest BCUT2D eigenvalue weighted by atomic mass is 10.1. The first-order valence-electron chi connectivity index (χ1n) is 7.14. The molecule has 1 amide bonds. The fourth-order valence-electron chi connectivity index (χ4n) is 2.44. The Morgan fingerprint density at radius 1 is 1.17 bits per heavy atom. The fraction of sp³-hybridized carbons (Fsp3) is 0.167. The maximum Gasteiger partial charge on any atom is 0.291 e.